The number of amides is 1. The summed E-state index contributed by atoms with van der Waals surface area (Å²) in [4.78, 5) is 14.8. The fourth-order valence-electron chi connectivity index (χ4n) is 2.54. The number of rotatable bonds is 8. The first-order chi connectivity index (χ1) is 9.51. The van der Waals surface area contributed by atoms with Gasteiger partial charge in [0, 0.05) is 30.9 Å². The molecule has 1 heterocycles. The third kappa shape index (κ3) is 4.39. The van der Waals surface area contributed by atoms with Gasteiger partial charge in [-0.1, -0.05) is 26.7 Å². The molecular weight excluding hydrogens is 248 g/mol. The molecule has 3 nitrogen and oxygen atoms in total. The highest BCUT2D eigenvalue weighted by atomic mass is 16.2. The van der Waals surface area contributed by atoms with E-state index in [0.717, 1.165) is 25.7 Å². The van der Waals surface area contributed by atoms with E-state index in [1.165, 1.54) is 5.69 Å². The van der Waals surface area contributed by atoms with E-state index in [4.69, 9.17) is 0 Å². The lowest BCUT2D eigenvalue weighted by Gasteiger charge is -2.30. The maximum absolute atomic E-state index is 12.8. The molecule has 0 fully saturated rings. The molecule has 1 aromatic heterocycles. The predicted octanol–water partition coefficient (Wildman–Crippen LogP) is 3.98. The minimum Gasteiger partial charge on any atom is -0.353 e. The summed E-state index contributed by atoms with van der Waals surface area (Å²) >= 11 is 0. The van der Waals surface area contributed by atoms with Gasteiger partial charge in [-0.3, -0.25) is 4.79 Å². The Hall–Kier alpha value is -1.25. The lowest BCUT2D eigenvalue weighted by molar-refractivity contribution is -0.138. The minimum atomic E-state index is 0.178. The maximum atomic E-state index is 12.8. The van der Waals surface area contributed by atoms with Crippen molar-refractivity contribution in [3.63, 3.8) is 0 Å². The zero-order chi connectivity index (χ0) is 15.1. The molecule has 0 bridgehead atoms. The minimum absolute atomic E-state index is 0.178. The van der Waals surface area contributed by atoms with Crippen LogP contribution in [0, 0.1) is 5.92 Å². The highest BCUT2D eigenvalue weighted by Gasteiger charge is 2.25. The molecule has 114 valence electrons. The average Bonchev–Trinajstić information content (AvgIpc) is 2.81. The Morgan fingerprint density at radius 2 is 2.05 bits per heavy atom. The summed E-state index contributed by atoms with van der Waals surface area (Å²) in [5.74, 6) is 0.495. The predicted molar refractivity (Wildman–Crippen MR) is 84.4 cm³/mol. The quantitative estimate of drug-likeness (QED) is 0.706. The van der Waals surface area contributed by atoms with Gasteiger partial charge in [0.15, 0.2) is 0 Å². The zero-order valence-electron chi connectivity index (χ0n) is 13.7. The summed E-state index contributed by atoms with van der Waals surface area (Å²) in [5.41, 5.74) is 1.19. The molecule has 3 heteroatoms. The Morgan fingerprint density at radius 3 is 2.50 bits per heavy atom. The van der Waals surface area contributed by atoms with Crippen LogP contribution in [-0.4, -0.2) is 21.4 Å². The second-order valence-corrected chi connectivity index (χ2v) is 5.92. The SMILES string of the molecule is CCCCC(CC)C(=O)N(Cc1cccn1C)C(C)C. The van der Waals surface area contributed by atoms with Crippen LogP contribution in [0.25, 0.3) is 0 Å². The molecule has 0 saturated heterocycles. The van der Waals surface area contributed by atoms with Crippen LogP contribution in [-0.2, 0) is 18.4 Å². The Bertz CT molecular complexity index is 409. The molecule has 0 N–H and O–H groups in total. The third-order valence-corrected chi connectivity index (χ3v) is 4.04. The number of nitrogens with zero attached hydrogens (tertiary/aromatic N) is 2. The standard InChI is InChI=1S/C17H30N2O/c1-6-8-10-15(7-2)17(20)19(14(3)4)13-16-11-9-12-18(16)5/h9,11-12,14-15H,6-8,10,13H2,1-5H3. The van der Waals surface area contributed by atoms with Crippen molar-refractivity contribution in [2.75, 3.05) is 0 Å². The van der Waals surface area contributed by atoms with E-state index < -0.39 is 0 Å². The number of carbonyl (C=O) groups is 1. The van der Waals surface area contributed by atoms with Gasteiger partial charge < -0.3 is 9.47 Å². The fourth-order valence-corrected chi connectivity index (χ4v) is 2.54. The maximum Gasteiger partial charge on any atom is 0.226 e. The molecular formula is C17H30N2O. The number of aryl methyl sites for hydroxylation is 1. The van der Waals surface area contributed by atoms with Crippen molar-refractivity contribution < 1.29 is 4.79 Å². The monoisotopic (exact) mass is 278 g/mol. The van der Waals surface area contributed by atoms with Crippen LogP contribution in [0.3, 0.4) is 0 Å². The van der Waals surface area contributed by atoms with Crippen LogP contribution in [0.4, 0.5) is 0 Å². The van der Waals surface area contributed by atoms with Gasteiger partial charge in [0.25, 0.3) is 0 Å². The Balaban J connectivity index is 2.79. The molecule has 1 unspecified atom stereocenters. The van der Waals surface area contributed by atoms with Gasteiger partial charge in [0.2, 0.25) is 5.91 Å². The van der Waals surface area contributed by atoms with E-state index in [9.17, 15) is 4.79 Å². The molecule has 1 atom stereocenters. The van der Waals surface area contributed by atoms with Crippen LogP contribution in [0.15, 0.2) is 18.3 Å². The average molecular weight is 278 g/mol. The highest BCUT2D eigenvalue weighted by Crippen LogP contribution is 2.19. The smallest absolute Gasteiger partial charge is 0.226 e. The normalized spacial score (nSPS) is 12.7. The lowest BCUT2D eigenvalue weighted by atomic mass is 9.97. The molecule has 0 spiro atoms. The van der Waals surface area contributed by atoms with Crippen LogP contribution < -0.4 is 0 Å². The summed E-state index contributed by atoms with van der Waals surface area (Å²) in [6, 6.07) is 4.37. The summed E-state index contributed by atoms with van der Waals surface area (Å²) in [7, 11) is 2.03. The number of carbonyl (C=O) groups excluding carboxylic acids is 1. The Labute approximate surface area is 124 Å². The van der Waals surface area contributed by atoms with E-state index in [-0.39, 0.29) is 12.0 Å². The topological polar surface area (TPSA) is 25.2 Å². The van der Waals surface area contributed by atoms with Crippen molar-refractivity contribution >= 4 is 5.91 Å². The van der Waals surface area contributed by atoms with E-state index in [2.05, 4.69) is 38.3 Å². The zero-order valence-corrected chi connectivity index (χ0v) is 13.7. The van der Waals surface area contributed by atoms with Crippen molar-refractivity contribution in [2.24, 2.45) is 13.0 Å². The largest absolute Gasteiger partial charge is 0.353 e. The van der Waals surface area contributed by atoms with Crippen molar-refractivity contribution in [2.45, 2.75) is 66.0 Å². The first-order valence-corrected chi connectivity index (χ1v) is 7.91. The van der Waals surface area contributed by atoms with Crippen molar-refractivity contribution in [3.05, 3.63) is 24.0 Å². The van der Waals surface area contributed by atoms with Gasteiger partial charge in [0.1, 0.15) is 0 Å². The number of unbranched alkanes of at least 4 members (excludes halogenated alkanes) is 1. The Kier molecular flexibility index (Phi) is 6.83. The van der Waals surface area contributed by atoms with E-state index in [1.54, 1.807) is 0 Å². The molecule has 20 heavy (non-hydrogen) atoms. The molecule has 1 amide bonds. The van der Waals surface area contributed by atoms with Gasteiger partial charge in [0.05, 0.1) is 6.54 Å². The number of aromatic nitrogens is 1. The van der Waals surface area contributed by atoms with Gasteiger partial charge in [-0.15, -0.1) is 0 Å². The van der Waals surface area contributed by atoms with E-state index >= 15 is 0 Å². The second-order valence-electron chi connectivity index (χ2n) is 5.92. The molecule has 1 rings (SSSR count). The van der Waals surface area contributed by atoms with Gasteiger partial charge in [-0.2, -0.15) is 0 Å². The molecule has 1 aromatic rings. The highest BCUT2D eigenvalue weighted by molar-refractivity contribution is 5.79. The van der Waals surface area contributed by atoms with E-state index in [0.29, 0.717) is 12.5 Å². The third-order valence-electron chi connectivity index (χ3n) is 4.04. The van der Waals surface area contributed by atoms with Crippen LogP contribution in [0.5, 0.6) is 0 Å². The summed E-state index contributed by atoms with van der Waals surface area (Å²) in [6.07, 6.45) is 6.29. The first-order valence-electron chi connectivity index (χ1n) is 7.91. The van der Waals surface area contributed by atoms with E-state index in [1.807, 2.05) is 24.2 Å². The summed E-state index contributed by atoms with van der Waals surface area (Å²) < 4.78 is 2.09. The molecule has 0 aliphatic rings. The van der Waals surface area contributed by atoms with Gasteiger partial charge in [-0.25, -0.2) is 0 Å². The summed E-state index contributed by atoms with van der Waals surface area (Å²) in [6.45, 7) is 9.23. The molecule has 0 aromatic carbocycles. The van der Waals surface area contributed by atoms with Crippen LogP contribution in [0.2, 0.25) is 0 Å². The summed E-state index contributed by atoms with van der Waals surface area (Å²) in [5, 5.41) is 0. The van der Waals surface area contributed by atoms with Crippen molar-refractivity contribution in [1.29, 1.82) is 0 Å². The molecule has 0 radical (unpaired) electrons. The number of hydrogen-bond acceptors (Lipinski definition) is 1. The van der Waals surface area contributed by atoms with Crippen molar-refractivity contribution in [3.8, 4) is 0 Å². The number of hydrogen-bond donors (Lipinski definition) is 0. The van der Waals surface area contributed by atoms with Gasteiger partial charge in [-0.05, 0) is 38.8 Å². The Morgan fingerprint density at radius 1 is 1.35 bits per heavy atom. The molecule has 0 saturated carbocycles. The van der Waals surface area contributed by atoms with Crippen LogP contribution in [0.1, 0.15) is 59.1 Å². The first kappa shape index (κ1) is 16.8. The molecule has 0 aliphatic heterocycles. The fraction of sp³-hybridized carbons (Fsp3) is 0.706. The van der Waals surface area contributed by atoms with Crippen molar-refractivity contribution in [1.82, 2.24) is 9.47 Å². The lowest BCUT2D eigenvalue weighted by Crippen LogP contribution is -2.40. The van der Waals surface area contributed by atoms with Gasteiger partial charge >= 0.3 is 0 Å². The second kappa shape index (κ2) is 8.13. The molecule has 0 aliphatic carbocycles. The van der Waals surface area contributed by atoms with Crippen LogP contribution >= 0.6 is 0 Å².